The second-order valence-electron chi connectivity index (χ2n) is 5.52. The lowest BCUT2D eigenvalue weighted by molar-refractivity contribution is 0.0705. The van der Waals surface area contributed by atoms with Crippen molar-refractivity contribution in [3.8, 4) is 0 Å². The fraction of sp³-hybridized carbons (Fsp3) is 0.312. The Labute approximate surface area is 128 Å². The zero-order valence-electron chi connectivity index (χ0n) is 12.1. The quantitative estimate of drug-likeness (QED) is 0.596. The predicted molar refractivity (Wildman–Crippen MR) is 81.5 cm³/mol. The van der Waals surface area contributed by atoms with Crippen molar-refractivity contribution in [3.05, 3.63) is 53.9 Å². The first-order chi connectivity index (χ1) is 10.7. The van der Waals surface area contributed by atoms with Crippen LogP contribution in [0.15, 0.2) is 42.7 Å². The summed E-state index contributed by atoms with van der Waals surface area (Å²) in [5.41, 5.74) is 2.86. The lowest BCUT2D eigenvalue weighted by Crippen LogP contribution is -2.33. The first kappa shape index (κ1) is 14.5. The van der Waals surface area contributed by atoms with Crippen molar-refractivity contribution in [3.63, 3.8) is 0 Å². The predicted octanol–water partition coefficient (Wildman–Crippen LogP) is 2.48. The zero-order valence-corrected chi connectivity index (χ0v) is 12.1. The lowest BCUT2D eigenvalue weighted by atomic mass is 9.88. The number of nitrogens with zero attached hydrogens (tertiary/aromatic N) is 2. The molecule has 1 aliphatic rings. The van der Waals surface area contributed by atoms with Crippen molar-refractivity contribution in [2.45, 2.75) is 31.2 Å². The largest absolute Gasteiger partial charge is 0.345 e. The molecule has 114 valence electrons. The van der Waals surface area contributed by atoms with Gasteiger partial charge in [-0.25, -0.2) is 15.4 Å². The topological polar surface area (TPSA) is 87.1 Å². The fourth-order valence-corrected chi connectivity index (χ4v) is 3.01. The summed E-state index contributed by atoms with van der Waals surface area (Å²) >= 11 is 0. The van der Waals surface area contributed by atoms with Gasteiger partial charge in [-0.2, -0.15) is 0 Å². The highest BCUT2D eigenvalue weighted by Crippen LogP contribution is 2.40. The second-order valence-corrected chi connectivity index (χ2v) is 5.52. The fourth-order valence-electron chi connectivity index (χ4n) is 3.01. The van der Waals surface area contributed by atoms with Crippen LogP contribution in [0.25, 0.3) is 0 Å². The first-order valence-electron chi connectivity index (χ1n) is 7.34. The van der Waals surface area contributed by atoms with Gasteiger partial charge in [-0.1, -0.05) is 43.2 Å². The van der Waals surface area contributed by atoms with E-state index in [1.165, 1.54) is 18.0 Å². The molecular formula is C16H18N4O2. The number of carbonyl (C=O) groups excluding carboxylic acids is 1. The van der Waals surface area contributed by atoms with E-state index in [1.807, 2.05) is 18.2 Å². The molecule has 0 radical (unpaired) electrons. The van der Waals surface area contributed by atoms with E-state index in [0.29, 0.717) is 5.95 Å². The van der Waals surface area contributed by atoms with Gasteiger partial charge in [-0.15, -0.1) is 0 Å². The van der Waals surface area contributed by atoms with Crippen molar-refractivity contribution >= 4 is 11.9 Å². The summed E-state index contributed by atoms with van der Waals surface area (Å²) in [6, 6.07) is 10.3. The number of benzene rings is 1. The maximum absolute atomic E-state index is 11.3. The summed E-state index contributed by atoms with van der Waals surface area (Å²) in [5, 5.41) is 12.0. The number of hydrogen-bond acceptors (Lipinski definition) is 5. The average molecular weight is 298 g/mol. The molecule has 1 fully saturated rings. The molecule has 2 aromatic rings. The maximum Gasteiger partial charge on any atom is 0.277 e. The molecule has 1 aromatic carbocycles. The van der Waals surface area contributed by atoms with Gasteiger partial charge in [0.05, 0.1) is 11.1 Å². The summed E-state index contributed by atoms with van der Waals surface area (Å²) in [6.45, 7) is 0. The highest BCUT2D eigenvalue weighted by atomic mass is 16.5. The van der Waals surface area contributed by atoms with Crippen LogP contribution in [-0.4, -0.2) is 21.1 Å². The van der Waals surface area contributed by atoms with Crippen molar-refractivity contribution in [1.29, 1.82) is 0 Å². The highest BCUT2D eigenvalue weighted by Gasteiger charge is 2.36. The minimum absolute atomic E-state index is 0.151. The Morgan fingerprint density at radius 1 is 1.09 bits per heavy atom. The van der Waals surface area contributed by atoms with Crippen LogP contribution in [0.3, 0.4) is 0 Å². The number of hydroxylamine groups is 1. The van der Waals surface area contributed by atoms with Crippen molar-refractivity contribution < 1.29 is 10.0 Å². The Morgan fingerprint density at radius 3 is 2.32 bits per heavy atom. The van der Waals surface area contributed by atoms with Gasteiger partial charge < -0.3 is 5.32 Å². The van der Waals surface area contributed by atoms with Gasteiger partial charge in [0.1, 0.15) is 0 Å². The van der Waals surface area contributed by atoms with Crippen LogP contribution in [0, 0.1) is 0 Å². The van der Waals surface area contributed by atoms with Crippen LogP contribution in [0.5, 0.6) is 0 Å². The Morgan fingerprint density at radius 2 is 1.73 bits per heavy atom. The SMILES string of the molecule is O=C(NO)c1cnc(NC2(c3ccccc3)CCCC2)nc1. The third kappa shape index (κ3) is 2.78. The molecule has 6 heteroatoms. The summed E-state index contributed by atoms with van der Waals surface area (Å²) in [4.78, 5) is 19.7. The molecule has 0 unspecified atom stereocenters. The van der Waals surface area contributed by atoms with Crippen LogP contribution in [0.2, 0.25) is 0 Å². The van der Waals surface area contributed by atoms with Gasteiger partial charge in [0, 0.05) is 12.4 Å². The molecule has 1 heterocycles. The van der Waals surface area contributed by atoms with E-state index >= 15 is 0 Å². The van der Waals surface area contributed by atoms with Crippen LogP contribution >= 0.6 is 0 Å². The maximum atomic E-state index is 11.3. The Kier molecular flexibility index (Phi) is 4.02. The number of amides is 1. The van der Waals surface area contributed by atoms with E-state index in [0.717, 1.165) is 25.7 Å². The van der Waals surface area contributed by atoms with Crippen LogP contribution in [0.4, 0.5) is 5.95 Å². The molecule has 0 spiro atoms. The van der Waals surface area contributed by atoms with Crippen LogP contribution in [-0.2, 0) is 5.54 Å². The van der Waals surface area contributed by atoms with Gasteiger partial charge in [-0.3, -0.25) is 10.0 Å². The van der Waals surface area contributed by atoms with Crippen LogP contribution in [0.1, 0.15) is 41.6 Å². The Bertz CT molecular complexity index is 637. The van der Waals surface area contributed by atoms with Gasteiger partial charge in [0.15, 0.2) is 0 Å². The Balaban J connectivity index is 1.84. The number of rotatable bonds is 4. The molecular weight excluding hydrogens is 280 g/mol. The van der Waals surface area contributed by atoms with Gasteiger partial charge in [-0.05, 0) is 18.4 Å². The number of nitrogens with one attached hydrogen (secondary N) is 2. The summed E-state index contributed by atoms with van der Waals surface area (Å²) in [6.07, 6.45) is 7.17. The van der Waals surface area contributed by atoms with E-state index in [-0.39, 0.29) is 11.1 Å². The van der Waals surface area contributed by atoms with Gasteiger partial charge in [0.2, 0.25) is 5.95 Å². The second kappa shape index (κ2) is 6.11. The van der Waals surface area contributed by atoms with Gasteiger partial charge >= 0.3 is 0 Å². The zero-order chi connectivity index (χ0) is 15.4. The molecule has 3 N–H and O–H groups in total. The molecule has 1 aromatic heterocycles. The minimum atomic E-state index is -0.620. The van der Waals surface area contributed by atoms with Crippen LogP contribution < -0.4 is 10.8 Å². The first-order valence-corrected chi connectivity index (χ1v) is 7.34. The van der Waals surface area contributed by atoms with E-state index in [2.05, 4.69) is 27.4 Å². The monoisotopic (exact) mass is 298 g/mol. The summed E-state index contributed by atoms with van der Waals surface area (Å²) in [7, 11) is 0. The molecule has 0 atom stereocenters. The average Bonchev–Trinajstić information content (AvgIpc) is 3.05. The van der Waals surface area contributed by atoms with Crippen molar-refractivity contribution in [2.24, 2.45) is 0 Å². The molecule has 0 aliphatic heterocycles. The summed E-state index contributed by atoms with van der Waals surface area (Å²) < 4.78 is 0. The van der Waals surface area contributed by atoms with E-state index in [1.54, 1.807) is 5.48 Å². The standard InChI is InChI=1S/C16H18N4O2/c21-14(20-22)12-10-17-15(18-11-12)19-16(8-4-5-9-16)13-6-2-1-3-7-13/h1-3,6-7,10-11,22H,4-5,8-9H2,(H,20,21)(H,17,18,19). The molecule has 1 saturated carbocycles. The lowest BCUT2D eigenvalue weighted by Gasteiger charge is -2.31. The molecule has 1 amide bonds. The smallest absolute Gasteiger partial charge is 0.277 e. The molecule has 6 nitrogen and oxygen atoms in total. The van der Waals surface area contributed by atoms with Crippen molar-refractivity contribution in [2.75, 3.05) is 5.32 Å². The normalized spacial score (nSPS) is 16.2. The van der Waals surface area contributed by atoms with Crippen molar-refractivity contribution in [1.82, 2.24) is 15.4 Å². The molecule has 1 aliphatic carbocycles. The third-order valence-electron chi connectivity index (χ3n) is 4.15. The molecule has 22 heavy (non-hydrogen) atoms. The van der Waals surface area contributed by atoms with E-state index in [4.69, 9.17) is 5.21 Å². The third-order valence-corrected chi connectivity index (χ3v) is 4.15. The van der Waals surface area contributed by atoms with E-state index < -0.39 is 5.91 Å². The number of carbonyl (C=O) groups is 1. The summed E-state index contributed by atoms with van der Waals surface area (Å²) in [5.74, 6) is -0.134. The highest BCUT2D eigenvalue weighted by molar-refractivity contribution is 5.92. The van der Waals surface area contributed by atoms with Gasteiger partial charge in [0.25, 0.3) is 5.91 Å². The van der Waals surface area contributed by atoms with E-state index in [9.17, 15) is 4.79 Å². The number of anilines is 1. The minimum Gasteiger partial charge on any atom is -0.345 e. The number of hydrogen-bond donors (Lipinski definition) is 3. The molecule has 3 rings (SSSR count). The molecule has 0 saturated heterocycles. The Hall–Kier alpha value is -2.47. The molecule has 0 bridgehead atoms. The number of aromatic nitrogens is 2.